The fourth-order valence-corrected chi connectivity index (χ4v) is 3.11. The number of hydrogen-bond donors (Lipinski definition) is 0. The summed E-state index contributed by atoms with van der Waals surface area (Å²) in [6.45, 7) is 4.72. The first-order valence-corrected chi connectivity index (χ1v) is 8.56. The third-order valence-electron chi connectivity index (χ3n) is 4.69. The predicted molar refractivity (Wildman–Crippen MR) is 103 cm³/mol. The van der Waals surface area contributed by atoms with Gasteiger partial charge >= 0.3 is 6.18 Å². The molecule has 0 N–H and O–H groups in total. The predicted octanol–water partition coefficient (Wildman–Crippen LogP) is 5.77. The Morgan fingerprint density at radius 2 is 1.77 bits per heavy atom. The standard InChI is InChI=1S/C21H22F3N.ClH/c1-16-5-7-17(8-6-16)9-12-25-13-10-18(11-14-25)19-3-2-4-20(15-19)21(22,23)24;/h2-8,10,15H,9,11-14H2,1H3;1H. The van der Waals surface area contributed by atoms with E-state index in [4.69, 9.17) is 0 Å². The van der Waals surface area contributed by atoms with E-state index in [1.807, 2.05) is 0 Å². The average molecular weight is 382 g/mol. The van der Waals surface area contributed by atoms with Gasteiger partial charge in [-0.15, -0.1) is 12.4 Å². The van der Waals surface area contributed by atoms with E-state index in [0.717, 1.165) is 44.1 Å². The van der Waals surface area contributed by atoms with Gasteiger partial charge in [-0.2, -0.15) is 13.2 Å². The van der Waals surface area contributed by atoms with Gasteiger partial charge in [-0.05, 0) is 48.6 Å². The number of rotatable bonds is 4. The van der Waals surface area contributed by atoms with Gasteiger partial charge < -0.3 is 0 Å². The number of halogens is 4. The van der Waals surface area contributed by atoms with Crippen LogP contribution in [0.3, 0.4) is 0 Å². The molecule has 0 saturated heterocycles. The largest absolute Gasteiger partial charge is 0.416 e. The highest BCUT2D eigenvalue weighted by molar-refractivity contribution is 5.85. The second-order valence-electron chi connectivity index (χ2n) is 6.59. The van der Waals surface area contributed by atoms with Crippen molar-refractivity contribution >= 4 is 18.0 Å². The maximum Gasteiger partial charge on any atom is 0.416 e. The highest BCUT2D eigenvalue weighted by Crippen LogP contribution is 2.32. The van der Waals surface area contributed by atoms with Crippen molar-refractivity contribution in [3.63, 3.8) is 0 Å². The van der Waals surface area contributed by atoms with Crippen LogP contribution in [0.25, 0.3) is 5.57 Å². The van der Waals surface area contributed by atoms with Crippen molar-refractivity contribution in [3.8, 4) is 0 Å². The molecule has 140 valence electrons. The van der Waals surface area contributed by atoms with Crippen LogP contribution in [0.15, 0.2) is 54.6 Å². The highest BCUT2D eigenvalue weighted by atomic mass is 35.5. The molecule has 0 amide bonds. The fourth-order valence-electron chi connectivity index (χ4n) is 3.11. The minimum atomic E-state index is -4.29. The molecular formula is C21H23ClF3N. The average Bonchev–Trinajstić information content (AvgIpc) is 2.61. The lowest BCUT2D eigenvalue weighted by Crippen LogP contribution is -2.30. The lowest BCUT2D eigenvalue weighted by atomic mass is 9.97. The van der Waals surface area contributed by atoms with E-state index in [0.29, 0.717) is 5.56 Å². The number of hydrogen-bond acceptors (Lipinski definition) is 1. The minimum absolute atomic E-state index is 0. The van der Waals surface area contributed by atoms with Crippen molar-refractivity contribution in [3.05, 3.63) is 76.9 Å². The number of aryl methyl sites for hydroxylation is 1. The van der Waals surface area contributed by atoms with Gasteiger partial charge in [0.25, 0.3) is 0 Å². The SMILES string of the molecule is Cc1ccc(CCN2CC=C(c3cccc(C(F)(F)F)c3)CC2)cc1.Cl. The highest BCUT2D eigenvalue weighted by Gasteiger charge is 2.30. The van der Waals surface area contributed by atoms with Crippen LogP contribution in [0.1, 0.15) is 28.7 Å². The monoisotopic (exact) mass is 381 g/mol. The van der Waals surface area contributed by atoms with Gasteiger partial charge in [0.05, 0.1) is 5.56 Å². The van der Waals surface area contributed by atoms with E-state index in [9.17, 15) is 13.2 Å². The normalized spacial score (nSPS) is 15.3. The second kappa shape index (κ2) is 8.74. The summed E-state index contributed by atoms with van der Waals surface area (Å²) in [5.41, 5.74) is 3.70. The Morgan fingerprint density at radius 1 is 1.04 bits per heavy atom. The lowest BCUT2D eigenvalue weighted by molar-refractivity contribution is -0.137. The van der Waals surface area contributed by atoms with Crippen molar-refractivity contribution in [2.24, 2.45) is 0 Å². The number of benzene rings is 2. The van der Waals surface area contributed by atoms with Crippen molar-refractivity contribution < 1.29 is 13.2 Å². The van der Waals surface area contributed by atoms with Gasteiger partial charge in [0, 0.05) is 19.6 Å². The Balaban J connectivity index is 0.00000243. The first-order valence-electron chi connectivity index (χ1n) is 8.56. The molecule has 1 heterocycles. The summed E-state index contributed by atoms with van der Waals surface area (Å²) in [5, 5.41) is 0. The smallest absolute Gasteiger partial charge is 0.299 e. The second-order valence-corrected chi connectivity index (χ2v) is 6.59. The molecule has 1 nitrogen and oxygen atoms in total. The molecule has 1 aliphatic heterocycles. The summed E-state index contributed by atoms with van der Waals surface area (Å²) in [5.74, 6) is 0. The van der Waals surface area contributed by atoms with Gasteiger partial charge in [0.2, 0.25) is 0 Å². The van der Waals surface area contributed by atoms with E-state index in [2.05, 4.69) is 42.2 Å². The molecule has 0 aliphatic carbocycles. The zero-order chi connectivity index (χ0) is 17.9. The van der Waals surface area contributed by atoms with Crippen molar-refractivity contribution in [1.29, 1.82) is 0 Å². The molecule has 0 spiro atoms. The molecule has 1 aliphatic rings. The van der Waals surface area contributed by atoms with Gasteiger partial charge in [-0.1, -0.05) is 48.0 Å². The maximum absolute atomic E-state index is 12.9. The Bertz CT molecular complexity index is 751. The Labute approximate surface area is 158 Å². The van der Waals surface area contributed by atoms with Crippen LogP contribution in [0.5, 0.6) is 0 Å². The molecule has 0 unspecified atom stereocenters. The van der Waals surface area contributed by atoms with E-state index >= 15 is 0 Å². The van der Waals surface area contributed by atoms with E-state index in [-0.39, 0.29) is 12.4 Å². The zero-order valence-corrected chi connectivity index (χ0v) is 15.5. The van der Waals surface area contributed by atoms with Crippen molar-refractivity contribution in [1.82, 2.24) is 4.90 Å². The van der Waals surface area contributed by atoms with Crippen molar-refractivity contribution in [2.45, 2.75) is 25.9 Å². The topological polar surface area (TPSA) is 3.24 Å². The molecule has 2 aromatic rings. The van der Waals surface area contributed by atoms with E-state index < -0.39 is 11.7 Å². The Kier molecular flexibility index (Phi) is 6.90. The van der Waals surface area contributed by atoms with Crippen LogP contribution < -0.4 is 0 Å². The molecule has 0 saturated carbocycles. The lowest BCUT2D eigenvalue weighted by Gasteiger charge is -2.26. The Morgan fingerprint density at radius 3 is 2.38 bits per heavy atom. The molecule has 5 heteroatoms. The summed E-state index contributed by atoms with van der Waals surface area (Å²) in [6, 6.07) is 14.2. The molecule has 26 heavy (non-hydrogen) atoms. The molecule has 0 atom stereocenters. The van der Waals surface area contributed by atoms with Crippen LogP contribution >= 0.6 is 12.4 Å². The van der Waals surface area contributed by atoms with E-state index in [1.54, 1.807) is 6.07 Å². The minimum Gasteiger partial charge on any atom is -0.299 e. The van der Waals surface area contributed by atoms with Crippen LogP contribution in [0, 0.1) is 6.92 Å². The summed E-state index contributed by atoms with van der Waals surface area (Å²) in [6.07, 6.45) is -0.443. The first-order chi connectivity index (χ1) is 11.9. The zero-order valence-electron chi connectivity index (χ0n) is 14.7. The molecule has 3 rings (SSSR count). The number of alkyl halides is 3. The van der Waals surface area contributed by atoms with Crippen LogP contribution in [0.4, 0.5) is 13.2 Å². The summed E-state index contributed by atoms with van der Waals surface area (Å²) >= 11 is 0. The van der Waals surface area contributed by atoms with Gasteiger partial charge in [-0.25, -0.2) is 0 Å². The van der Waals surface area contributed by atoms with Gasteiger partial charge in [0.15, 0.2) is 0 Å². The van der Waals surface area contributed by atoms with Gasteiger partial charge in [0.1, 0.15) is 0 Å². The molecule has 0 radical (unpaired) electrons. The maximum atomic E-state index is 12.9. The van der Waals surface area contributed by atoms with Crippen molar-refractivity contribution in [2.75, 3.05) is 19.6 Å². The van der Waals surface area contributed by atoms with Crippen LogP contribution in [-0.2, 0) is 12.6 Å². The molecule has 2 aromatic carbocycles. The van der Waals surface area contributed by atoms with E-state index in [1.165, 1.54) is 23.3 Å². The third kappa shape index (κ3) is 5.36. The van der Waals surface area contributed by atoms with Crippen LogP contribution in [0.2, 0.25) is 0 Å². The first kappa shape index (κ1) is 20.5. The molecule has 0 fully saturated rings. The van der Waals surface area contributed by atoms with Gasteiger partial charge in [-0.3, -0.25) is 4.90 Å². The fraction of sp³-hybridized carbons (Fsp3) is 0.333. The summed E-state index contributed by atoms with van der Waals surface area (Å²) in [4.78, 5) is 2.34. The number of nitrogens with zero attached hydrogens (tertiary/aromatic N) is 1. The molecule has 0 bridgehead atoms. The molecular weight excluding hydrogens is 359 g/mol. The quantitative estimate of drug-likeness (QED) is 0.650. The molecule has 0 aromatic heterocycles. The summed E-state index contributed by atoms with van der Waals surface area (Å²) in [7, 11) is 0. The Hall–Kier alpha value is -1.78. The summed E-state index contributed by atoms with van der Waals surface area (Å²) < 4.78 is 38.6. The van der Waals surface area contributed by atoms with Crippen LogP contribution in [-0.4, -0.2) is 24.5 Å². The third-order valence-corrected chi connectivity index (χ3v) is 4.69.